The van der Waals surface area contributed by atoms with Crippen LogP contribution in [0.2, 0.25) is 0 Å². The number of carbonyl (C=O) groups is 3. The second-order valence-corrected chi connectivity index (χ2v) is 15.5. The predicted molar refractivity (Wildman–Crippen MR) is 169 cm³/mol. The van der Waals surface area contributed by atoms with Gasteiger partial charge in [0, 0.05) is 31.7 Å². The maximum absolute atomic E-state index is 13.4. The molecule has 43 heavy (non-hydrogen) atoms. The van der Waals surface area contributed by atoms with Gasteiger partial charge in [-0.05, 0) is 122 Å². The Hall–Kier alpha value is -2.92. The van der Waals surface area contributed by atoms with Crippen molar-refractivity contribution in [2.24, 2.45) is 11.7 Å². The molecule has 0 aromatic heterocycles. The number of aryl methyl sites for hydroxylation is 2. The zero-order valence-electron chi connectivity index (χ0n) is 27.1. The Balaban J connectivity index is 1.62. The Morgan fingerprint density at radius 3 is 2.07 bits per heavy atom. The fraction of sp³-hybridized carbons (Fsp3) is 0.656. The number of primary amides is 1. The highest BCUT2D eigenvalue weighted by atomic mass is 32.2. The lowest BCUT2D eigenvalue weighted by atomic mass is 9.82. The molecule has 1 heterocycles. The molecule has 240 valence electrons. The fourth-order valence-corrected chi connectivity index (χ4v) is 7.46. The van der Waals surface area contributed by atoms with Gasteiger partial charge >= 0.3 is 6.09 Å². The van der Waals surface area contributed by atoms with Crippen LogP contribution >= 0.6 is 0 Å². The van der Waals surface area contributed by atoms with Crippen molar-refractivity contribution in [2.45, 2.75) is 105 Å². The van der Waals surface area contributed by atoms with Crippen LogP contribution in [0, 0.1) is 19.8 Å². The van der Waals surface area contributed by atoms with Gasteiger partial charge in [-0.1, -0.05) is 11.1 Å². The van der Waals surface area contributed by atoms with Crippen LogP contribution in [-0.2, 0) is 30.8 Å². The van der Waals surface area contributed by atoms with E-state index < -0.39 is 33.2 Å². The van der Waals surface area contributed by atoms with Crippen LogP contribution in [0.25, 0.3) is 0 Å². The maximum Gasteiger partial charge on any atom is 0.414 e. The van der Waals surface area contributed by atoms with Gasteiger partial charge in [0.1, 0.15) is 11.1 Å². The molecule has 10 nitrogen and oxygen atoms in total. The van der Waals surface area contributed by atoms with Gasteiger partial charge in [-0.15, -0.1) is 0 Å². The molecular weight excluding hydrogens is 568 g/mol. The molecule has 1 saturated heterocycles. The van der Waals surface area contributed by atoms with Crippen LogP contribution in [0.15, 0.2) is 23.3 Å². The number of nitrogens with one attached hydrogen (secondary N) is 1. The molecule has 1 aromatic rings. The van der Waals surface area contributed by atoms with Crippen molar-refractivity contribution >= 4 is 33.6 Å². The number of allylic oxidation sites excluding steroid dienone is 2. The van der Waals surface area contributed by atoms with Gasteiger partial charge in [-0.2, -0.15) is 0 Å². The molecule has 0 atom stereocenters. The first-order valence-electron chi connectivity index (χ1n) is 15.2. The largest absolute Gasteiger partial charge is 0.443 e. The molecule has 0 unspecified atom stereocenters. The molecule has 1 aliphatic carbocycles. The van der Waals surface area contributed by atoms with Crippen LogP contribution in [0.3, 0.4) is 0 Å². The highest BCUT2D eigenvalue weighted by molar-refractivity contribution is 7.89. The number of benzene rings is 1. The van der Waals surface area contributed by atoms with Gasteiger partial charge in [0.05, 0.1) is 5.75 Å². The van der Waals surface area contributed by atoms with Crippen molar-refractivity contribution in [2.75, 3.05) is 30.8 Å². The first-order chi connectivity index (χ1) is 19.8. The summed E-state index contributed by atoms with van der Waals surface area (Å²) in [6.45, 7) is 13.6. The third-order valence-corrected chi connectivity index (χ3v) is 10.7. The van der Waals surface area contributed by atoms with Gasteiger partial charge in [-0.3, -0.25) is 14.5 Å². The number of sulfonamides is 1. The monoisotopic (exact) mass is 618 g/mol. The first-order valence-corrected chi connectivity index (χ1v) is 16.8. The summed E-state index contributed by atoms with van der Waals surface area (Å²) in [4.78, 5) is 39.7. The second-order valence-electron chi connectivity index (χ2n) is 13.4. The SMILES string of the molecule is CC(C)=C1CCC(C(=O)NC2(C(N)=O)CCN(S(=O)(=O)CCc3c(C)cc(N(C)C(=O)OC(C)(C)C)cc3C)CC2)CC1. The van der Waals surface area contributed by atoms with Crippen molar-refractivity contribution in [1.29, 1.82) is 0 Å². The number of rotatable bonds is 8. The second kappa shape index (κ2) is 13.4. The number of ether oxygens (including phenoxy) is 1. The lowest BCUT2D eigenvalue weighted by Crippen LogP contribution is -2.63. The van der Waals surface area contributed by atoms with E-state index in [1.165, 1.54) is 20.4 Å². The quantitative estimate of drug-likeness (QED) is 0.411. The summed E-state index contributed by atoms with van der Waals surface area (Å²) in [6.07, 6.45) is 3.34. The molecule has 1 saturated carbocycles. The standard InChI is InChI=1S/C32H50N4O6S/c1-21(2)24-9-11-25(12-10-24)28(37)34-32(29(33)38)14-16-36(17-15-32)43(40,41)18-13-27-22(3)19-26(20-23(27)4)35(8)30(39)42-31(5,6)7/h19-20,25H,9-18H2,1-8H3,(H2,33,38)(H,34,37). The molecule has 0 spiro atoms. The zero-order valence-corrected chi connectivity index (χ0v) is 27.9. The summed E-state index contributed by atoms with van der Waals surface area (Å²) >= 11 is 0. The zero-order chi connectivity index (χ0) is 32.3. The number of carbonyl (C=O) groups excluding carboxylic acids is 3. The molecule has 2 fully saturated rings. The Morgan fingerprint density at radius 1 is 1.07 bits per heavy atom. The first kappa shape index (κ1) is 34.6. The minimum absolute atomic E-state index is 0.0966. The summed E-state index contributed by atoms with van der Waals surface area (Å²) < 4.78 is 33.6. The van der Waals surface area contributed by atoms with Crippen LogP contribution in [-0.4, -0.2) is 67.7 Å². The predicted octanol–water partition coefficient (Wildman–Crippen LogP) is 4.51. The molecule has 11 heteroatoms. The Bertz CT molecular complexity index is 1330. The van der Waals surface area contributed by atoms with Crippen molar-refractivity contribution in [1.82, 2.24) is 9.62 Å². The minimum Gasteiger partial charge on any atom is -0.443 e. The number of nitrogens with zero attached hydrogens (tertiary/aromatic N) is 2. The fourth-order valence-electron chi connectivity index (χ4n) is 6.00. The summed E-state index contributed by atoms with van der Waals surface area (Å²) in [5, 5.41) is 2.94. The average Bonchev–Trinajstić information content (AvgIpc) is 2.91. The van der Waals surface area contributed by atoms with E-state index >= 15 is 0 Å². The Labute approximate surface area is 257 Å². The van der Waals surface area contributed by atoms with Gasteiger partial charge in [0.25, 0.3) is 0 Å². The molecule has 3 N–H and O–H groups in total. The van der Waals surface area contributed by atoms with E-state index in [4.69, 9.17) is 10.5 Å². The highest BCUT2D eigenvalue weighted by Gasteiger charge is 2.44. The molecule has 3 amide bonds. The summed E-state index contributed by atoms with van der Waals surface area (Å²) in [6, 6.07) is 3.72. The molecule has 0 radical (unpaired) electrons. The number of hydrogen-bond donors (Lipinski definition) is 2. The lowest BCUT2D eigenvalue weighted by molar-refractivity contribution is -0.135. The van der Waals surface area contributed by atoms with Crippen molar-refractivity contribution in [3.8, 4) is 0 Å². The van der Waals surface area contributed by atoms with Gasteiger partial charge < -0.3 is 15.8 Å². The molecular formula is C32H50N4O6S. The van der Waals surface area contributed by atoms with E-state index in [1.807, 2.05) is 46.8 Å². The summed E-state index contributed by atoms with van der Waals surface area (Å²) in [5.74, 6) is -1.07. The van der Waals surface area contributed by atoms with Crippen molar-refractivity contribution < 1.29 is 27.5 Å². The highest BCUT2D eigenvalue weighted by Crippen LogP contribution is 2.32. The van der Waals surface area contributed by atoms with Gasteiger partial charge in [0.2, 0.25) is 21.8 Å². The van der Waals surface area contributed by atoms with Crippen LogP contribution in [0.5, 0.6) is 0 Å². The summed E-state index contributed by atoms with van der Waals surface area (Å²) in [7, 11) is -1.99. The normalized spacial score (nSPS) is 19.4. The van der Waals surface area contributed by atoms with Gasteiger partial charge in [-0.25, -0.2) is 17.5 Å². The van der Waals surface area contributed by atoms with Crippen molar-refractivity contribution in [3.05, 3.63) is 40.0 Å². The van der Waals surface area contributed by atoms with Crippen LogP contribution in [0.1, 0.15) is 89.8 Å². The van der Waals surface area contributed by atoms with Crippen LogP contribution in [0.4, 0.5) is 10.5 Å². The molecule has 1 aliphatic heterocycles. The van der Waals surface area contributed by atoms with E-state index in [2.05, 4.69) is 19.2 Å². The molecule has 3 rings (SSSR count). The minimum atomic E-state index is -3.64. The number of piperidine rings is 1. The maximum atomic E-state index is 13.4. The molecule has 0 bridgehead atoms. The Kier molecular flexibility index (Phi) is 10.8. The van der Waals surface area contributed by atoms with Crippen LogP contribution < -0.4 is 16.0 Å². The average molecular weight is 619 g/mol. The topological polar surface area (TPSA) is 139 Å². The molecule has 2 aliphatic rings. The van der Waals surface area contributed by atoms with E-state index in [0.29, 0.717) is 12.1 Å². The number of hydrogen-bond acceptors (Lipinski definition) is 6. The van der Waals surface area contributed by atoms with E-state index in [0.717, 1.165) is 42.4 Å². The van der Waals surface area contributed by atoms with Gasteiger partial charge in [0.15, 0.2) is 0 Å². The van der Waals surface area contributed by atoms with E-state index in [9.17, 15) is 22.8 Å². The molecule has 1 aromatic carbocycles. The lowest BCUT2D eigenvalue weighted by Gasteiger charge is -2.40. The smallest absolute Gasteiger partial charge is 0.414 e. The summed E-state index contributed by atoms with van der Waals surface area (Å²) in [5.41, 5.74) is 9.95. The third-order valence-electron chi connectivity index (χ3n) is 8.82. The Morgan fingerprint density at radius 2 is 1.60 bits per heavy atom. The van der Waals surface area contributed by atoms with E-state index in [-0.39, 0.29) is 43.5 Å². The number of nitrogens with two attached hydrogens (primary N) is 1. The third kappa shape index (κ3) is 8.59. The number of anilines is 1. The van der Waals surface area contributed by atoms with E-state index in [1.54, 1.807) is 7.05 Å². The van der Waals surface area contributed by atoms with Crippen molar-refractivity contribution in [3.63, 3.8) is 0 Å². The number of amides is 3.